The quantitative estimate of drug-likeness (QED) is 0.555. The Hall–Kier alpha value is -1.84. The van der Waals surface area contributed by atoms with Gasteiger partial charge in [0, 0.05) is 12.8 Å². The summed E-state index contributed by atoms with van der Waals surface area (Å²) in [6.07, 6.45) is 8.16. The predicted molar refractivity (Wildman–Crippen MR) is 67.8 cm³/mol. The number of hydrogen-bond acceptors (Lipinski definition) is 4. The summed E-state index contributed by atoms with van der Waals surface area (Å²) in [7, 11) is 0. The number of esters is 2. The third-order valence-corrected chi connectivity index (χ3v) is 2.64. The van der Waals surface area contributed by atoms with Gasteiger partial charge >= 0.3 is 11.9 Å². The second kappa shape index (κ2) is 6.19. The van der Waals surface area contributed by atoms with E-state index in [9.17, 15) is 9.59 Å². The van der Waals surface area contributed by atoms with Crippen LogP contribution in [0.15, 0.2) is 37.0 Å². The largest absolute Gasteiger partial charge is 0.453 e. The number of ether oxygens (including phenoxy) is 2. The van der Waals surface area contributed by atoms with Crippen LogP contribution in [-0.4, -0.2) is 23.6 Å². The first-order valence-corrected chi connectivity index (χ1v) is 5.99. The summed E-state index contributed by atoms with van der Waals surface area (Å²) in [5.74, 6) is -0.717. The fourth-order valence-corrected chi connectivity index (χ4v) is 1.56. The second-order valence-electron chi connectivity index (χ2n) is 3.89. The average Bonchev–Trinajstić information content (AvgIpc) is 2.40. The second-order valence-corrected chi connectivity index (χ2v) is 3.89. The van der Waals surface area contributed by atoms with Crippen molar-refractivity contribution >= 4 is 11.9 Å². The molecule has 0 fully saturated rings. The Bertz CT molecular complexity index is 395. The van der Waals surface area contributed by atoms with Crippen LogP contribution in [0.2, 0.25) is 0 Å². The van der Waals surface area contributed by atoms with Gasteiger partial charge < -0.3 is 9.47 Å². The molecule has 1 aliphatic carbocycles. The Labute approximate surface area is 107 Å². The highest BCUT2D eigenvalue weighted by Crippen LogP contribution is 2.28. The van der Waals surface area contributed by atoms with Gasteiger partial charge in [-0.15, -0.1) is 0 Å². The molecule has 2 unspecified atom stereocenters. The van der Waals surface area contributed by atoms with E-state index in [-0.39, 0.29) is 24.8 Å². The van der Waals surface area contributed by atoms with Gasteiger partial charge in [-0.05, 0) is 18.2 Å². The minimum absolute atomic E-state index is 0.252. The van der Waals surface area contributed by atoms with Gasteiger partial charge in [-0.25, -0.2) is 0 Å². The molecule has 0 radical (unpaired) electrons. The topological polar surface area (TPSA) is 52.6 Å². The molecule has 1 aliphatic rings. The number of rotatable bonds is 5. The molecule has 0 spiro atoms. The van der Waals surface area contributed by atoms with Crippen molar-refractivity contribution in [2.24, 2.45) is 0 Å². The van der Waals surface area contributed by atoms with E-state index in [1.165, 1.54) is 6.08 Å². The zero-order chi connectivity index (χ0) is 13.6. The van der Waals surface area contributed by atoms with Crippen LogP contribution in [0, 0.1) is 0 Å². The maximum absolute atomic E-state index is 11.5. The highest BCUT2D eigenvalue weighted by molar-refractivity contribution is 5.71. The molecule has 4 heteroatoms. The van der Waals surface area contributed by atoms with Crippen LogP contribution in [0.1, 0.15) is 26.7 Å². The van der Waals surface area contributed by atoms with Crippen molar-refractivity contribution in [3.8, 4) is 0 Å². The lowest BCUT2D eigenvalue weighted by Gasteiger charge is -2.34. The van der Waals surface area contributed by atoms with Crippen molar-refractivity contribution in [1.29, 1.82) is 0 Å². The molecule has 0 saturated carbocycles. The lowest BCUT2D eigenvalue weighted by atomic mass is 9.91. The fourth-order valence-electron chi connectivity index (χ4n) is 1.56. The van der Waals surface area contributed by atoms with Gasteiger partial charge in [0.1, 0.15) is 0 Å². The van der Waals surface area contributed by atoms with E-state index in [4.69, 9.17) is 9.47 Å². The van der Waals surface area contributed by atoms with Gasteiger partial charge in [0.05, 0.1) is 0 Å². The normalized spacial score (nSPS) is 25.6. The summed E-state index contributed by atoms with van der Waals surface area (Å²) in [6.45, 7) is 7.08. The lowest BCUT2D eigenvalue weighted by Crippen LogP contribution is -2.45. The molecule has 2 atom stereocenters. The molecule has 0 aromatic carbocycles. The van der Waals surface area contributed by atoms with E-state index < -0.39 is 11.7 Å². The molecule has 98 valence electrons. The van der Waals surface area contributed by atoms with E-state index in [1.807, 2.05) is 0 Å². The Morgan fingerprint density at radius 1 is 1.28 bits per heavy atom. The van der Waals surface area contributed by atoms with Crippen LogP contribution in [0.4, 0.5) is 0 Å². The zero-order valence-electron chi connectivity index (χ0n) is 10.7. The third kappa shape index (κ3) is 3.09. The number of carbonyl (C=O) groups excluding carboxylic acids is 2. The maximum Gasteiger partial charge on any atom is 0.306 e. The van der Waals surface area contributed by atoms with Crippen LogP contribution in [0.5, 0.6) is 0 Å². The number of allylic oxidation sites excluding steroid dienone is 2. The van der Waals surface area contributed by atoms with Gasteiger partial charge in [0.2, 0.25) is 0 Å². The number of hydrogen-bond donors (Lipinski definition) is 0. The molecular formula is C14H18O4. The first-order valence-electron chi connectivity index (χ1n) is 5.99. The summed E-state index contributed by atoms with van der Waals surface area (Å²) in [4.78, 5) is 22.9. The molecule has 4 nitrogen and oxygen atoms in total. The van der Waals surface area contributed by atoms with Gasteiger partial charge in [-0.2, -0.15) is 0 Å². The van der Waals surface area contributed by atoms with E-state index >= 15 is 0 Å². The zero-order valence-corrected chi connectivity index (χ0v) is 10.7. The highest BCUT2D eigenvalue weighted by Gasteiger charge is 2.39. The van der Waals surface area contributed by atoms with Gasteiger partial charge in [0.25, 0.3) is 0 Å². The van der Waals surface area contributed by atoms with Gasteiger partial charge in [-0.1, -0.05) is 32.6 Å². The number of carbonyl (C=O) groups is 2. The van der Waals surface area contributed by atoms with E-state index in [1.54, 1.807) is 38.2 Å². The smallest absolute Gasteiger partial charge is 0.306 e. The van der Waals surface area contributed by atoms with Crippen molar-refractivity contribution in [2.75, 3.05) is 0 Å². The van der Waals surface area contributed by atoms with Crippen molar-refractivity contribution in [2.45, 2.75) is 38.4 Å². The Balaban J connectivity index is 2.93. The van der Waals surface area contributed by atoms with Crippen molar-refractivity contribution in [3.63, 3.8) is 0 Å². The first-order chi connectivity index (χ1) is 8.57. The Morgan fingerprint density at radius 3 is 2.50 bits per heavy atom. The maximum atomic E-state index is 11.5. The summed E-state index contributed by atoms with van der Waals surface area (Å²) in [5, 5.41) is 0. The van der Waals surface area contributed by atoms with Crippen LogP contribution in [0.25, 0.3) is 0 Å². The molecule has 0 bridgehead atoms. The Morgan fingerprint density at radius 2 is 1.94 bits per heavy atom. The van der Waals surface area contributed by atoms with Crippen LogP contribution in [-0.2, 0) is 19.1 Å². The van der Waals surface area contributed by atoms with E-state index in [0.717, 1.165) is 0 Å². The van der Waals surface area contributed by atoms with Crippen molar-refractivity contribution in [1.82, 2.24) is 0 Å². The fraction of sp³-hybridized carbons (Fsp3) is 0.429. The van der Waals surface area contributed by atoms with E-state index in [0.29, 0.717) is 0 Å². The average molecular weight is 250 g/mol. The molecule has 0 aromatic heterocycles. The Kier molecular flexibility index (Phi) is 4.89. The van der Waals surface area contributed by atoms with Crippen molar-refractivity contribution < 1.29 is 19.1 Å². The van der Waals surface area contributed by atoms with Crippen LogP contribution >= 0.6 is 0 Å². The monoisotopic (exact) mass is 250 g/mol. The van der Waals surface area contributed by atoms with Crippen LogP contribution < -0.4 is 0 Å². The van der Waals surface area contributed by atoms with E-state index in [2.05, 4.69) is 6.58 Å². The standard InChI is InChI=1S/C14H18O4/c1-4-12(15)17-11-9-7-8-10-14(11,6-3)18-13(16)5-2/h6-11H,3-5H2,1-2H3. The molecule has 0 aliphatic heterocycles. The van der Waals surface area contributed by atoms with Gasteiger partial charge in [-0.3, -0.25) is 9.59 Å². The molecule has 18 heavy (non-hydrogen) atoms. The minimum Gasteiger partial charge on any atom is -0.453 e. The third-order valence-electron chi connectivity index (χ3n) is 2.64. The summed E-state index contributed by atoms with van der Waals surface area (Å²) >= 11 is 0. The first kappa shape index (κ1) is 14.2. The minimum atomic E-state index is -1.10. The molecule has 0 saturated heterocycles. The molecule has 0 heterocycles. The SMILES string of the molecule is C=CC1(OC(=O)CC)C=CC=CC1OC(=O)CC. The molecule has 0 aromatic rings. The van der Waals surface area contributed by atoms with Crippen LogP contribution in [0.3, 0.4) is 0 Å². The van der Waals surface area contributed by atoms with Crippen molar-refractivity contribution in [3.05, 3.63) is 37.0 Å². The molecule has 0 amide bonds. The molecule has 1 rings (SSSR count). The molecular weight excluding hydrogens is 232 g/mol. The predicted octanol–water partition coefficient (Wildman–Crippen LogP) is 2.31. The highest BCUT2D eigenvalue weighted by atomic mass is 16.6. The summed E-state index contributed by atoms with van der Waals surface area (Å²) in [5.41, 5.74) is -1.10. The van der Waals surface area contributed by atoms with Gasteiger partial charge in [0.15, 0.2) is 11.7 Å². The summed E-state index contributed by atoms with van der Waals surface area (Å²) in [6, 6.07) is 0. The lowest BCUT2D eigenvalue weighted by molar-refractivity contribution is -0.168. The summed E-state index contributed by atoms with van der Waals surface area (Å²) < 4.78 is 10.6. The molecule has 0 N–H and O–H groups in total.